The van der Waals surface area contributed by atoms with Crippen LogP contribution in [0.15, 0.2) is 12.1 Å². The highest BCUT2D eigenvalue weighted by Crippen LogP contribution is 2.30. The van der Waals surface area contributed by atoms with Crippen LogP contribution in [0.4, 0.5) is 5.69 Å². The Kier molecular flexibility index (Phi) is 5.10. The minimum Gasteiger partial charge on any atom is -0.496 e. The minimum absolute atomic E-state index is 0.0747. The molecular formula is C17H26N2O2. The minimum atomic E-state index is 0.0747. The van der Waals surface area contributed by atoms with E-state index in [0.29, 0.717) is 12.1 Å². The average Bonchev–Trinajstić information content (AvgIpc) is 2.44. The molecule has 0 atom stereocenters. The first-order valence-corrected chi connectivity index (χ1v) is 7.68. The summed E-state index contributed by atoms with van der Waals surface area (Å²) in [5.41, 5.74) is 3.52. The summed E-state index contributed by atoms with van der Waals surface area (Å²) in [6.45, 7) is 5.76. The number of ether oxygens (including phenoxy) is 1. The highest BCUT2D eigenvalue weighted by atomic mass is 16.5. The molecule has 1 aliphatic rings. The van der Waals surface area contributed by atoms with E-state index >= 15 is 0 Å². The molecular weight excluding hydrogens is 264 g/mol. The first-order valence-electron chi connectivity index (χ1n) is 7.68. The lowest BCUT2D eigenvalue weighted by Gasteiger charge is -2.30. The Morgan fingerprint density at radius 1 is 1.14 bits per heavy atom. The Balaban J connectivity index is 1.97. The fraction of sp³-hybridized carbons (Fsp3) is 0.588. The zero-order chi connectivity index (χ0) is 15.4. The normalized spacial score (nSPS) is 21.7. The van der Waals surface area contributed by atoms with Gasteiger partial charge < -0.3 is 15.4 Å². The van der Waals surface area contributed by atoms with Gasteiger partial charge >= 0.3 is 0 Å². The van der Waals surface area contributed by atoms with Crippen molar-refractivity contribution in [2.45, 2.75) is 58.5 Å². The SMILES string of the molecule is COc1cc(C)cc(NC2CCC(NC(C)=O)CC2)c1C. The largest absolute Gasteiger partial charge is 0.496 e. The molecule has 0 saturated heterocycles. The van der Waals surface area contributed by atoms with Crippen molar-refractivity contribution in [1.82, 2.24) is 5.32 Å². The topological polar surface area (TPSA) is 50.4 Å². The molecule has 0 aromatic heterocycles. The molecule has 0 heterocycles. The van der Waals surface area contributed by atoms with Crippen molar-refractivity contribution in [2.75, 3.05) is 12.4 Å². The molecule has 116 valence electrons. The number of methoxy groups -OCH3 is 1. The van der Waals surface area contributed by atoms with E-state index in [2.05, 4.69) is 36.6 Å². The van der Waals surface area contributed by atoms with Gasteiger partial charge in [0, 0.05) is 30.3 Å². The highest BCUT2D eigenvalue weighted by molar-refractivity contribution is 5.73. The van der Waals surface area contributed by atoms with Gasteiger partial charge in [-0.15, -0.1) is 0 Å². The first-order chi connectivity index (χ1) is 9.99. The molecule has 1 amide bonds. The number of aryl methyl sites for hydroxylation is 1. The van der Waals surface area contributed by atoms with Crippen LogP contribution in [0.25, 0.3) is 0 Å². The van der Waals surface area contributed by atoms with E-state index in [1.54, 1.807) is 14.0 Å². The smallest absolute Gasteiger partial charge is 0.217 e. The van der Waals surface area contributed by atoms with Gasteiger partial charge in [-0.2, -0.15) is 0 Å². The lowest BCUT2D eigenvalue weighted by molar-refractivity contribution is -0.119. The maximum Gasteiger partial charge on any atom is 0.217 e. The highest BCUT2D eigenvalue weighted by Gasteiger charge is 2.22. The fourth-order valence-electron chi connectivity index (χ4n) is 3.08. The number of hydrogen-bond acceptors (Lipinski definition) is 3. The molecule has 4 heteroatoms. The van der Waals surface area contributed by atoms with E-state index in [4.69, 9.17) is 4.74 Å². The molecule has 21 heavy (non-hydrogen) atoms. The van der Waals surface area contributed by atoms with Crippen molar-refractivity contribution < 1.29 is 9.53 Å². The molecule has 0 bridgehead atoms. The number of carbonyl (C=O) groups is 1. The predicted octanol–water partition coefficient (Wildman–Crippen LogP) is 3.17. The van der Waals surface area contributed by atoms with Crippen LogP contribution in [0.5, 0.6) is 5.75 Å². The molecule has 1 aromatic rings. The molecule has 1 fully saturated rings. The van der Waals surface area contributed by atoms with E-state index in [0.717, 1.165) is 42.7 Å². The van der Waals surface area contributed by atoms with Crippen molar-refractivity contribution >= 4 is 11.6 Å². The number of amides is 1. The monoisotopic (exact) mass is 290 g/mol. The second-order valence-corrected chi connectivity index (χ2v) is 6.03. The van der Waals surface area contributed by atoms with Crippen LogP contribution in [0.3, 0.4) is 0 Å². The molecule has 0 unspecified atom stereocenters. The standard InChI is InChI=1S/C17H26N2O2/c1-11-9-16(12(2)17(10-11)21-4)19-15-7-5-14(6-8-15)18-13(3)20/h9-10,14-15,19H,5-8H2,1-4H3,(H,18,20). The van der Waals surface area contributed by atoms with Gasteiger partial charge in [0.1, 0.15) is 5.75 Å². The van der Waals surface area contributed by atoms with Crippen LogP contribution in [-0.2, 0) is 4.79 Å². The van der Waals surface area contributed by atoms with Gasteiger partial charge in [-0.1, -0.05) is 0 Å². The zero-order valence-corrected chi connectivity index (χ0v) is 13.5. The van der Waals surface area contributed by atoms with Gasteiger partial charge in [0.15, 0.2) is 0 Å². The summed E-state index contributed by atoms with van der Waals surface area (Å²) in [4.78, 5) is 11.1. The van der Waals surface area contributed by atoms with Crippen molar-refractivity contribution in [2.24, 2.45) is 0 Å². The van der Waals surface area contributed by atoms with Gasteiger partial charge in [0.2, 0.25) is 5.91 Å². The second kappa shape index (κ2) is 6.83. The van der Waals surface area contributed by atoms with Crippen LogP contribution >= 0.6 is 0 Å². The average molecular weight is 290 g/mol. The Labute approximate surface area is 127 Å². The van der Waals surface area contributed by atoms with Crippen LogP contribution in [-0.4, -0.2) is 25.1 Å². The summed E-state index contributed by atoms with van der Waals surface area (Å²) in [7, 11) is 1.71. The number of carbonyl (C=O) groups excluding carboxylic acids is 1. The maximum absolute atomic E-state index is 11.1. The number of hydrogen-bond donors (Lipinski definition) is 2. The van der Waals surface area contributed by atoms with Crippen molar-refractivity contribution in [3.8, 4) is 5.75 Å². The molecule has 0 aliphatic heterocycles. The predicted molar refractivity (Wildman–Crippen MR) is 86.0 cm³/mol. The summed E-state index contributed by atoms with van der Waals surface area (Å²) < 4.78 is 5.43. The summed E-state index contributed by atoms with van der Waals surface area (Å²) in [5.74, 6) is 1.01. The zero-order valence-electron chi connectivity index (χ0n) is 13.5. The Morgan fingerprint density at radius 3 is 2.33 bits per heavy atom. The van der Waals surface area contributed by atoms with Crippen LogP contribution < -0.4 is 15.4 Å². The summed E-state index contributed by atoms with van der Waals surface area (Å²) in [5, 5.41) is 6.66. The van der Waals surface area contributed by atoms with Gasteiger partial charge in [-0.25, -0.2) is 0 Å². The second-order valence-electron chi connectivity index (χ2n) is 6.03. The van der Waals surface area contributed by atoms with Crippen LogP contribution in [0.1, 0.15) is 43.7 Å². The molecule has 2 rings (SSSR count). The summed E-state index contributed by atoms with van der Waals surface area (Å²) in [6, 6.07) is 5.06. The first kappa shape index (κ1) is 15.7. The molecule has 2 N–H and O–H groups in total. The number of anilines is 1. The molecule has 1 saturated carbocycles. The van der Waals surface area contributed by atoms with Gasteiger partial charge in [-0.3, -0.25) is 4.79 Å². The lowest BCUT2D eigenvalue weighted by Crippen LogP contribution is -2.39. The quantitative estimate of drug-likeness (QED) is 0.895. The molecule has 1 aliphatic carbocycles. The van der Waals surface area contributed by atoms with Crippen molar-refractivity contribution in [3.05, 3.63) is 23.3 Å². The van der Waals surface area contributed by atoms with E-state index in [1.165, 1.54) is 5.56 Å². The number of rotatable bonds is 4. The third-order valence-electron chi connectivity index (χ3n) is 4.22. The summed E-state index contributed by atoms with van der Waals surface area (Å²) >= 11 is 0. The summed E-state index contributed by atoms with van der Waals surface area (Å²) in [6.07, 6.45) is 4.25. The number of benzene rings is 1. The maximum atomic E-state index is 11.1. The van der Waals surface area contributed by atoms with Crippen LogP contribution in [0, 0.1) is 13.8 Å². The van der Waals surface area contributed by atoms with Crippen molar-refractivity contribution in [1.29, 1.82) is 0 Å². The van der Waals surface area contributed by atoms with Crippen molar-refractivity contribution in [3.63, 3.8) is 0 Å². The van der Waals surface area contributed by atoms with Gasteiger partial charge in [0.05, 0.1) is 7.11 Å². The van der Waals surface area contributed by atoms with E-state index in [9.17, 15) is 4.79 Å². The third kappa shape index (κ3) is 4.13. The van der Waals surface area contributed by atoms with E-state index in [1.807, 2.05) is 0 Å². The van der Waals surface area contributed by atoms with Gasteiger partial charge in [0.25, 0.3) is 0 Å². The third-order valence-corrected chi connectivity index (χ3v) is 4.22. The molecule has 0 radical (unpaired) electrons. The fourth-order valence-corrected chi connectivity index (χ4v) is 3.08. The Hall–Kier alpha value is -1.71. The Bertz CT molecular complexity index is 506. The molecule has 0 spiro atoms. The van der Waals surface area contributed by atoms with Crippen LogP contribution in [0.2, 0.25) is 0 Å². The number of nitrogens with one attached hydrogen (secondary N) is 2. The van der Waals surface area contributed by atoms with E-state index in [-0.39, 0.29) is 5.91 Å². The molecule has 1 aromatic carbocycles. The molecule has 4 nitrogen and oxygen atoms in total. The Morgan fingerprint density at radius 2 is 1.76 bits per heavy atom. The van der Waals surface area contributed by atoms with E-state index < -0.39 is 0 Å². The van der Waals surface area contributed by atoms with Gasteiger partial charge in [-0.05, 0) is 57.2 Å². The lowest BCUT2D eigenvalue weighted by atomic mass is 9.90.